The van der Waals surface area contributed by atoms with Crippen molar-refractivity contribution in [3.05, 3.63) is 18.7 Å². The Morgan fingerprint density at radius 3 is 2.67 bits per heavy atom. The number of rotatable bonds is 0. The summed E-state index contributed by atoms with van der Waals surface area (Å²) >= 11 is 4.63. The van der Waals surface area contributed by atoms with Crippen LogP contribution in [0, 0.1) is 0 Å². The lowest BCUT2D eigenvalue weighted by atomic mass is 11.0. The predicted molar refractivity (Wildman–Crippen MR) is 23.8 cm³/mol. The maximum absolute atomic E-state index is 4.63. The van der Waals surface area contributed by atoms with Gasteiger partial charge in [-0.1, -0.05) is 0 Å². The van der Waals surface area contributed by atoms with Crippen molar-refractivity contribution in [2.24, 2.45) is 0 Å². The molecule has 1 heterocycles. The van der Waals surface area contributed by atoms with E-state index in [1.165, 1.54) is 3.97 Å². The lowest BCUT2D eigenvalue weighted by molar-refractivity contribution is -0.490. The maximum Gasteiger partial charge on any atom is 0.224 e. The molecule has 2 nitrogen and oxygen atoms in total. The normalized spacial score (nSPS) is 8.67. The first-order valence-corrected chi connectivity index (χ1v) is 1.97. The Hall–Kier alpha value is -0.570. The maximum atomic E-state index is 4.63. The number of hydrogen-bond acceptors (Lipinski definition) is 1. The molecule has 0 aliphatic heterocycles. The number of nitrogens with one attached hydrogen (secondary N) is 1. The Balaban J connectivity index is 3.05. The predicted octanol–water partition coefficient (Wildman–Crippen LogP) is -0.388. The molecule has 1 aromatic rings. The fraction of sp³-hybridized carbons (Fsp3) is 0. The van der Waals surface area contributed by atoms with Crippen LogP contribution in [0.4, 0.5) is 0 Å². The molecule has 0 fully saturated rings. The van der Waals surface area contributed by atoms with E-state index in [2.05, 4.69) is 17.8 Å². The molecule has 1 aromatic heterocycles. The zero-order valence-electron chi connectivity index (χ0n) is 3.09. The van der Waals surface area contributed by atoms with Crippen molar-refractivity contribution in [1.82, 2.24) is 4.98 Å². The van der Waals surface area contributed by atoms with Gasteiger partial charge in [-0.15, -0.1) is 0 Å². The molecule has 0 amide bonds. The monoisotopic (exact) mass is 100 g/mol. The van der Waals surface area contributed by atoms with Crippen LogP contribution in [0.15, 0.2) is 18.7 Å². The zero-order chi connectivity index (χ0) is 4.41. The molecule has 0 aliphatic carbocycles. The highest BCUT2D eigenvalue weighted by molar-refractivity contribution is 7.50. The van der Waals surface area contributed by atoms with Crippen LogP contribution in [-0.2, 0) is 12.8 Å². The molecule has 0 atom stereocenters. The van der Waals surface area contributed by atoms with Gasteiger partial charge in [0.05, 0.1) is 0 Å². The van der Waals surface area contributed by atoms with E-state index in [0.29, 0.717) is 0 Å². The minimum absolute atomic E-state index is 1.53. The third-order valence-electron chi connectivity index (χ3n) is 0.519. The van der Waals surface area contributed by atoms with Crippen LogP contribution in [0.2, 0.25) is 0 Å². The SMILES string of the molecule is [S-][n+]1cc[nH]c1. The van der Waals surface area contributed by atoms with Gasteiger partial charge < -0.3 is 16.8 Å². The Morgan fingerprint density at radius 2 is 2.50 bits per heavy atom. The number of aromatic nitrogens is 2. The van der Waals surface area contributed by atoms with E-state index in [1.807, 2.05) is 0 Å². The van der Waals surface area contributed by atoms with Gasteiger partial charge in [-0.2, -0.15) is 0 Å². The Labute approximate surface area is 41.4 Å². The molecule has 0 aliphatic rings. The third-order valence-corrected chi connectivity index (χ3v) is 0.747. The van der Waals surface area contributed by atoms with E-state index in [1.54, 1.807) is 18.7 Å². The highest BCUT2D eigenvalue weighted by atomic mass is 32.1. The van der Waals surface area contributed by atoms with Crippen molar-refractivity contribution < 1.29 is 3.97 Å². The molecule has 0 saturated carbocycles. The lowest BCUT2D eigenvalue weighted by Crippen LogP contribution is -2.20. The number of hydrogen-bond donors (Lipinski definition) is 1. The van der Waals surface area contributed by atoms with Gasteiger partial charge in [0.25, 0.3) is 0 Å². The summed E-state index contributed by atoms with van der Waals surface area (Å²) in [6.07, 6.45) is 5.22. The standard InChI is InChI=1S/C3H4N2S/c6-5-2-1-4-3-5/h1-4H. The molecule has 3 heteroatoms. The first kappa shape index (κ1) is 3.61. The number of H-pyrrole nitrogens is 1. The van der Waals surface area contributed by atoms with Crippen LogP contribution in [0.5, 0.6) is 0 Å². The number of nitrogens with zero attached hydrogens (tertiary/aromatic N) is 1. The molecule has 0 bridgehead atoms. The molecule has 0 saturated heterocycles. The van der Waals surface area contributed by atoms with Gasteiger partial charge in [-0.05, 0) is 0 Å². The molecule has 32 valence electrons. The van der Waals surface area contributed by atoms with Crippen molar-refractivity contribution in [2.45, 2.75) is 0 Å². The summed E-state index contributed by atoms with van der Waals surface area (Å²) in [6.45, 7) is 0. The summed E-state index contributed by atoms with van der Waals surface area (Å²) in [5.74, 6) is 0. The van der Waals surface area contributed by atoms with E-state index in [-0.39, 0.29) is 0 Å². The molecule has 0 radical (unpaired) electrons. The highest BCUT2D eigenvalue weighted by Gasteiger charge is 1.71. The van der Waals surface area contributed by atoms with E-state index < -0.39 is 0 Å². The van der Waals surface area contributed by atoms with Crippen molar-refractivity contribution in [1.29, 1.82) is 0 Å². The second kappa shape index (κ2) is 1.26. The van der Waals surface area contributed by atoms with E-state index in [4.69, 9.17) is 0 Å². The molecule has 1 rings (SSSR count). The summed E-state index contributed by atoms with van der Waals surface area (Å²) in [5.41, 5.74) is 0. The van der Waals surface area contributed by atoms with Crippen LogP contribution in [0.1, 0.15) is 0 Å². The van der Waals surface area contributed by atoms with Gasteiger partial charge in [0.2, 0.25) is 6.33 Å². The van der Waals surface area contributed by atoms with Crippen LogP contribution in [0.3, 0.4) is 0 Å². The van der Waals surface area contributed by atoms with Crippen molar-refractivity contribution in [3.8, 4) is 0 Å². The summed E-state index contributed by atoms with van der Waals surface area (Å²) in [4.78, 5) is 2.79. The average molecular weight is 100 g/mol. The van der Waals surface area contributed by atoms with E-state index in [9.17, 15) is 0 Å². The molecular formula is C3H4N2S. The molecule has 0 aromatic carbocycles. The van der Waals surface area contributed by atoms with Gasteiger partial charge in [-0.25, -0.2) is 0 Å². The van der Waals surface area contributed by atoms with Gasteiger partial charge >= 0.3 is 0 Å². The smallest absolute Gasteiger partial charge is 0.224 e. The van der Waals surface area contributed by atoms with Crippen LogP contribution in [0.25, 0.3) is 0 Å². The van der Waals surface area contributed by atoms with Crippen LogP contribution < -0.4 is 3.97 Å². The number of imidazole rings is 1. The quantitative estimate of drug-likeness (QED) is 0.348. The summed E-state index contributed by atoms with van der Waals surface area (Å²) < 4.78 is 1.53. The molecule has 0 unspecified atom stereocenters. The third kappa shape index (κ3) is 0.490. The van der Waals surface area contributed by atoms with Crippen molar-refractivity contribution in [2.75, 3.05) is 0 Å². The average Bonchev–Trinajstić information content (AvgIpc) is 1.86. The first-order chi connectivity index (χ1) is 2.89. The molecule has 1 N–H and O–H groups in total. The van der Waals surface area contributed by atoms with E-state index in [0.717, 1.165) is 0 Å². The van der Waals surface area contributed by atoms with Gasteiger partial charge in [-0.3, -0.25) is 4.98 Å². The number of aromatic amines is 1. The van der Waals surface area contributed by atoms with Crippen LogP contribution >= 0.6 is 0 Å². The first-order valence-electron chi connectivity index (χ1n) is 1.61. The summed E-state index contributed by atoms with van der Waals surface area (Å²) in [7, 11) is 0. The Morgan fingerprint density at radius 1 is 1.67 bits per heavy atom. The fourth-order valence-electron chi connectivity index (χ4n) is 0.276. The summed E-state index contributed by atoms with van der Waals surface area (Å²) in [5, 5.41) is 0. The second-order valence-corrected chi connectivity index (χ2v) is 1.39. The summed E-state index contributed by atoms with van der Waals surface area (Å²) in [6, 6.07) is 0. The lowest BCUT2D eigenvalue weighted by Gasteiger charge is -1.86. The highest BCUT2D eigenvalue weighted by Crippen LogP contribution is 1.60. The van der Waals surface area contributed by atoms with Crippen molar-refractivity contribution >= 4 is 12.8 Å². The van der Waals surface area contributed by atoms with Crippen molar-refractivity contribution in [3.63, 3.8) is 0 Å². The van der Waals surface area contributed by atoms with Gasteiger partial charge in [0.15, 0.2) is 0 Å². The second-order valence-electron chi connectivity index (χ2n) is 0.971. The zero-order valence-corrected chi connectivity index (χ0v) is 3.90. The molecular weight excluding hydrogens is 96.1 g/mol. The van der Waals surface area contributed by atoms with Crippen LogP contribution in [-0.4, -0.2) is 4.98 Å². The molecule has 0 spiro atoms. The van der Waals surface area contributed by atoms with Gasteiger partial charge in [0.1, 0.15) is 12.4 Å². The molecule has 6 heavy (non-hydrogen) atoms. The fourth-order valence-corrected chi connectivity index (χ4v) is 0.398. The topological polar surface area (TPSA) is 19.7 Å². The van der Waals surface area contributed by atoms with Gasteiger partial charge in [0, 0.05) is 0 Å². The minimum Gasteiger partial charge on any atom is -0.555 e. The van der Waals surface area contributed by atoms with E-state index >= 15 is 0 Å². The minimum atomic E-state index is 1.53. The largest absolute Gasteiger partial charge is 0.555 e. The Bertz CT molecular complexity index is 112. The Kier molecular flexibility index (Phi) is 0.759.